The quantitative estimate of drug-likeness (QED) is 0.675. The highest BCUT2D eigenvalue weighted by Gasteiger charge is 2.32. The lowest BCUT2D eigenvalue weighted by atomic mass is 10.1. The lowest BCUT2D eigenvalue weighted by Gasteiger charge is -2.15. The summed E-state index contributed by atoms with van der Waals surface area (Å²) in [7, 11) is 0. The van der Waals surface area contributed by atoms with Crippen molar-refractivity contribution in [1.82, 2.24) is 10.3 Å². The number of rotatable bonds is 6. The summed E-state index contributed by atoms with van der Waals surface area (Å²) >= 11 is 6.22. The Hall–Kier alpha value is -2.53. The highest BCUT2D eigenvalue weighted by Crippen LogP contribution is 2.37. The maximum absolute atomic E-state index is 12.5. The number of carbonyl (C=O) groups excluding carboxylic acids is 1. The molecule has 0 bridgehead atoms. The molecule has 1 aliphatic rings. The van der Waals surface area contributed by atoms with Gasteiger partial charge in [0.15, 0.2) is 5.56 Å². The van der Waals surface area contributed by atoms with Gasteiger partial charge in [-0.05, 0) is 42.7 Å². The van der Waals surface area contributed by atoms with E-state index in [1.807, 2.05) is 24.3 Å². The van der Waals surface area contributed by atoms with Gasteiger partial charge in [-0.3, -0.25) is 9.78 Å². The van der Waals surface area contributed by atoms with Crippen molar-refractivity contribution in [1.29, 1.82) is 0 Å². The molecule has 128 valence electrons. The second-order valence-corrected chi connectivity index (χ2v) is 6.58. The first-order valence-electron chi connectivity index (χ1n) is 8.20. The van der Waals surface area contributed by atoms with Crippen LogP contribution in [0.5, 0.6) is 5.75 Å². The molecule has 2 aromatic heterocycles. The van der Waals surface area contributed by atoms with Gasteiger partial charge in [0.2, 0.25) is 0 Å². The summed E-state index contributed by atoms with van der Waals surface area (Å²) < 4.78 is 11.1. The summed E-state index contributed by atoms with van der Waals surface area (Å²) in [6.07, 6.45) is 6.87. The number of carbonyl (C=O) groups is 1. The molecular weight excluding hydrogens is 340 g/mol. The highest BCUT2D eigenvalue weighted by molar-refractivity contribution is 6.20. The van der Waals surface area contributed by atoms with E-state index in [0.29, 0.717) is 23.8 Å². The highest BCUT2D eigenvalue weighted by atomic mass is 35.5. The number of pyridine rings is 1. The standard InChI is InChI=1S/C19H17ClN2O3/c20-18(13-2-3-13)25-17-5-7-21-11-15(17)19(23)22-10-12-1-4-16-14(9-12)6-8-24-16/h1,4-9,11,13,18H,2-3,10H2,(H,22,23)/t18-/m1/s1. The van der Waals surface area contributed by atoms with Crippen molar-refractivity contribution in [3.63, 3.8) is 0 Å². The van der Waals surface area contributed by atoms with Gasteiger partial charge in [0.1, 0.15) is 11.3 Å². The fourth-order valence-corrected chi connectivity index (χ4v) is 2.98. The molecule has 1 saturated carbocycles. The molecule has 1 N–H and O–H groups in total. The first kappa shape index (κ1) is 16.0. The van der Waals surface area contributed by atoms with E-state index in [9.17, 15) is 4.79 Å². The molecule has 0 aliphatic heterocycles. The molecule has 1 amide bonds. The van der Waals surface area contributed by atoms with Gasteiger partial charge < -0.3 is 14.5 Å². The normalized spacial score (nSPS) is 15.1. The van der Waals surface area contributed by atoms with E-state index in [-0.39, 0.29) is 5.91 Å². The van der Waals surface area contributed by atoms with Crippen LogP contribution in [0.1, 0.15) is 28.8 Å². The Labute approximate surface area is 149 Å². The first-order chi connectivity index (χ1) is 12.2. The molecule has 1 fully saturated rings. The van der Waals surface area contributed by atoms with Crippen LogP contribution in [-0.4, -0.2) is 16.5 Å². The summed E-state index contributed by atoms with van der Waals surface area (Å²) in [5.74, 6) is 0.590. The van der Waals surface area contributed by atoms with Crippen molar-refractivity contribution in [3.05, 3.63) is 60.1 Å². The van der Waals surface area contributed by atoms with Crippen molar-refractivity contribution in [2.24, 2.45) is 5.92 Å². The Morgan fingerprint density at radius 3 is 3.08 bits per heavy atom. The van der Waals surface area contributed by atoms with Crippen LogP contribution in [0, 0.1) is 5.92 Å². The van der Waals surface area contributed by atoms with Gasteiger partial charge in [0, 0.05) is 30.2 Å². The number of fused-ring (bicyclic) bond motifs is 1. The first-order valence-corrected chi connectivity index (χ1v) is 8.63. The monoisotopic (exact) mass is 356 g/mol. The van der Waals surface area contributed by atoms with Crippen LogP contribution in [0.25, 0.3) is 11.0 Å². The third kappa shape index (κ3) is 3.61. The SMILES string of the molecule is O=C(NCc1ccc2occc2c1)c1cnccc1O[C@@H](Cl)C1CC1. The number of amides is 1. The van der Waals surface area contributed by atoms with Gasteiger partial charge in [0.05, 0.1) is 11.8 Å². The van der Waals surface area contributed by atoms with Crippen LogP contribution in [0.3, 0.4) is 0 Å². The minimum absolute atomic E-state index is 0.241. The topological polar surface area (TPSA) is 64.4 Å². The fraction of sp³-hybridized carbons (Fsp3) is 0.263. The third-order valence-electron chi connectivity index (χ3n) is 4.23. The van der Waals surface area contributed by atoms with E-state index < -0.39 is 5.56 Å². The Morgan fingerprint density at radius 1 is 1.36 bits per heavy atom. The predicted molar refractivity (Wildman–Crippen MR) is 94.6 cm³/mol. The molecule has 1 aromatic carbocycles. The molecule has 2 heterocycles. The molecule has 1 atom stereocenters. The summed E-state index contributed by atoms with van der Waals surface area (Å²) in [6.45, 7) is 0.404. The largest absolute Gasteiger partial charge is 0.473 e. The Morgan fingerprint density at radius 2 is 2.24 bits per heavy atom. The number of nitrogens with one attached hydrogen (secondary N) is 1. The number of benzene rings is 1. The molecule has 1 aliphatic carbocycles. The second-order valence-electron chi connectivity index (χ2n) is 6.15. The second kappa shape index (κ2) is 6.76. The summed E-state index contributed by atoms with van der Waals surface area (Å²) in [6, 6.07) is 9.37. The fourth-order valence-electron chi connectivity index (χ4n) is 2.63. The van der Waals surface area contributed by atoms with Crippen LogP contribution in [0.4, 0.5) is 0 Å². The lowest BCUT2D eigenvalue weighted by molar-refractivity contribution is 0.0945. The summed E-state index contributed by atoms with van der Waals surface area (Å²) in [5, 5.41) is 3.90. The average Bonchev–Trinajstić information content (AvgIpc) is 3.38. The van der Waals surface area contributed by atoms with Crippen molar-refractivity contribution in [2.45, 2.75) is 24.9 Å². The van der Waals surface area contributed by atoms with Crippen molar-refractivity contribution < 1.29 is 13.9 Å². The van der Waals surface area contributed by atoms with Crippen LogP contribution in [-0.2, 0) is 6.54 Å². The Bertz CT molecular complexity index is 904. The third-order valence-corrected chi connectivity index (χ3v) is 4.67. The average molecular weight is 357 g/mol. The zero-order chi connectivity index (χ0) is 17.2. The van der Waals surface area contributed by atoms with Crippen LogP contribution in [0.2, 0.25) is 0 Å². The number of ether oxygens (including phenoxy) is 1. The molecule has 3 aromatic rings. The summed E-state index contributed by atoms with van der Waals surface area (Å²) in [4.78, 5) is 16.6. The van der Waals surface area contributed by atoms with E-state index in [4.69, 9.17) is 20.8 Å². The Balaban J connectivity index is 1.45. The van der Waals surface area contributed by atoms with Crippen molar-refractivity contribution in [2.75, 3.05) is 0 Å². The zero-order valence-electron chi connectivity index (χ0n) is 13.4. The number of halogens is 1. The predicted octanol–water partition coefficient (Wildman–Crippen LogP) is 4.11. The van der Waals surface area contributed by atoms with E-state index in [1.54, 1.807) is 18.5 Å². The van der Waals surface area contributed by atoms with Gasteiger partial charge in [-0.2, -0.15) is 0 Å². The molecule has 25 heavy (non-hydrogen) atoms. The minimum atomic E-state index is -0.405. The van der Waals surface area contributed by atoms with Crippen LogP contribution >= 0.6 is 11.6 Å². The van der Waals surface area contributed by atoms with E-state index in [2.05, 4.69) is 10.3 Å². The number of nitrogens with zero attached hydrogens (tertiary/aromatic N) is 1. The van der Waals surface area contributed by atoms with Crippen molar-refractivity contribution >= 4 is 28.5 Å². The molecule has 0 spiro atoms. The number of alkyl halides is 1. The lowest BCUT2D eigenvalue weighted by Crippen LogP contribution is -2.24. The van der Waals surface area contributed by atoms with Gasteiger partial charge in [-0.15, -0.1) is 0 Å². The molecule has 6 heteroatoms. The minimum Gasteiger partial charge on any atom is -0.473 e. The summed E-state index contributed by atoms with van der Waals surface area (Å²) in [5.41, 5.74) is 1.80. The number of aromatic nitrogens is 1. The van der Waals surface area contributed by atoms with E-state index >= 15 is 0 Å². The van der Waals surface area contributed by atoms with Gasteiger partial charge in [-0.1, -0.05) is 17.7 Å². The molecule has 0 unspecified atom stereocenters. The van der Waals surface area contributed by atoms with Crippen LogP contribution < -0.4 is 10.1 Å². The maximum atomic E-state index is 12.5. The van der Waals surface area contributed by atoms with Crippen molar-refractivity contribution in [3.8, 4) is 5.75 Å². The molecule has 0 saturated heterocycles. The van der Waals surface area contributed by atoms with E-state index in [1.165, 1.54) is 6.20 Å². The maximum Gasteiger partial charge on any atom is 0.256 e. The van der Waals surface area contributed by atoms with E-state index in [0.717, 1.165) is 29.4 Å². The molecule has 4 rings (SSSR count). The number of furan rings is 1. The van der Waals surface area contributed by atoms with Gasteiger partial charge >= 0.3 is 0 Å². The van der Waals surface area contributed by atoms with Crippen LogP contribution in [0.15, 0.2) is 53.4 Å². The number of hydrogen-bond acceptors (Lipinski definition) is 4. The molecular formula is C19H17ClN2O3. The number of hydrogen-bond donors (Lipinski definition) is 1. The molecule has 5 nitrogen and oxygen atoms in total. The zero-order valence-corrected chi connectivity index (χ0v) is 14.2. The molecule has 0 radical (unpaired) electrons. The van der Waals surface area contributed by atoms with Gasteiger partial charge in [-0.25, -0.2) is 0 Å². The van der Waals surface area contributed by atoms with Gasteiger partial charge in [0.25, 0.3) is 5.91 Å². The Kier molecular flexibility index (Phi) is 4.32. The smallest absolute Gasteiger partial charge is 0.256 e.